The highest BCUT2D eigenvalue weighted by molar-refractivity contribution is 6.09. The lowest BCUT2D eigenvalue weighted by molar-refractivity contribution is -0.193. The van der Waals surface area contributed by atoms with Gasteiger partial charge in [0, 0.05) is 17.4 Å². The van der Waals surface area contributed by atoms with Crippen LogP contribution in [-0.4, -0.2) is 58.3 Å². The third-order valence-electron chi connectivity index (χ3n) is 8.94. The largest absolute Gasteiger partial charge is 0.482 e. The summed E-state index contributed by atoms with van der Waals surface area (Å²) >= 11 is 0. The molecule has 0 atom stereocenters. The number of fused-ring (bicyclic) bond motifs is 2. The van der Waals surface area contributed by atoms with Crippen LogP contribution in [0.5, 0.6) is 5.75 Å². The minimum absolute atomic E-state index is 0.0132. The second-order valence-corrected chi connectivity index (χ2v) is 12.3. The van der Waals surface area contributed by atoms with Gasteiger partial charge >= 0.3 is 12.0 Å². The Kier molecular flexibility index (Phi) is 6.37. The fraction of sp³-hybridized carbons (Fsp3) is 0.281. The van der Waals surface area contributed by atoms with Crippen molar-refractivity contribution in [2.45, 2.75) is 55.9 Å². The predicted octanol–water partition coefficient (Wildman–Crippen LogP) is 3.78. The maximum atomic E-state index is 15.0. The van der Waals surface area contributed by atoms with Crippen LogP contribution in [0.25, 0.3) is 22.2 Å². The number of aliphatic hydroxyl groups is 1. The molecule has 1 aliphatic heterocycles. The second-order valence-electron chi connectivity index (χ2n) is 12.3. The predicted molar refractivity (Wildman–Crippen MR) is 159 cm³/mol. The molecule has 48 heavy (non-hydrogen) atoms. The van der Waals surface area contributed by atoms with E-state index >= 15 is 8.78 Å². The molecule has 4 aromatic heterocycles. The van der Waals surface area contributed by atoms with Gasteiger partial charge < -0.3 is 15.6 Å². The zero-order valence-corrected chi connectivity index (χ0v) is 24.8. The van der Waals surface area contributed by atoms with Gasteiger partial charge in [0.05, 0.1) is 59.6 Å². The average molecular weight is 661 g/mol. The summed E-state index contributed by atoms with van der Waals surface area (Å²) in [4.78, 5) is 43.3. The maximum absolute atomic E-state index is 15.0. The number of nitrogens with two attached hydrogens (primary N) is 1. The molecule has 8 rings (SSSR count). The van der Waals surface area contributed by atoms with Gasteiger partial charge in [-0.15, -0.1) is 0 Å². The second kappa shape index (κ2) is 10.2. The average Bonchev–Trinajstić information content (AvgIpc) is 3.96. The van der Waals surface area contributed by atoms with Crippen molar-refractivity contribution in [2.75, 3.05) is 4.90 Å². The van der Waals surface area contributed by atoms with E-state index in [9.17, 15) is 23.5 Å². The zero-order valence-electron chi connectivity index (χ0n) is 24.8. The molecule has 0 saturated heterocycles. The number of anilines is 1. The minimum Gasteiger partial charge on any atom is -0.423 e. The summed E-state index contributed by atoms with van der Waals surface area (Å²) < 4.78 is 63.7. The topological polar surface area (TPSA) is 162 Å². The molecule has 12 nitrogen and oxygen atoms in total. The van der Waals surface area contributed by atoms with Crippen LogP contribution in [0, 0.1) is 11.6 Å². The van der Waals surface area contributed by atoms with Crippen molar-refractivity contribution >= 4 is 28.5 Å². The molecule has 2 aliphatic carbocycles. The van der Waals surface area contributed by atoms with Crippen molar-refractivity contribution < 1.29 is 37.0 Å². The zero-order chi connectivity index (χ0) is 33.6. The van der Waals surface area contributed by atoms with E-state index in [4.69, 9.17) is 15.5 Å². The SMILES string of the molecule is NC(=O)c1c(CC2(O)CC2)nc2c(cnn2C2(c3ccc(F)cn3)CC2)c1-c1ccc2c(c1)OC(F)(F)C(=O)N2Cc1ncc(F)cn1. The monoisotopic (exact) mass is 660 g/mol. The molecule has 0 radical (unpaired) electrons. The Bertz CT molecular complexity index is 2150. The van der Waals surface area contributed by atoms with Gasteiger partial charge in [-0.2, -0.15) is 13.9 Å². The summed E-state index contributed by atoms with van der Waals surface area (Å²) in [5.41, 5.74) is 5.46. The van der Waals surface area contributed by atoms with Crippen LogP contribution in [0.2, 0.25) is 0 Å². The Balaban J connectivity index is 1.31. The number of halogens is 4. The minimum atomic E-state index is -4.28. The van der Waals surface area contributed by atoms with E-state index in [1.807, 2.05) is 0 Å². The van der Waals surface area contributed by atoms with Crippen molar-refractivity contribution in [2.24, 2.45) is 5.73 Å². The number of pyridine rings is 2. The summed E-state index contributed by atoms with van der Waals surface area (Å²) in [6.07, 6.45) is 2.17. The quantitative estimate of drug-likeness (QED) is 0.236. The Morgan fingerprint density at radius 3 is 2.35 bits per heavy atom. The number of aromatic nitrogens is 6. The number of alkyl halides is 2. The summed E-state index contributed by atoms with van der Waals surface area (Å²) in [7, 11) is 0. The van der Waals surface area contributed by atoms with Crippen molar-refractivity contribution in [3.05, 3.63) is 89.5 Å². The molecule has 5 heterocycles. The molecule has 2 saturated carbocycles. The van der Waals surface area contributed by atoms with Crippen LogP contribution in [0.15, 0.2) is 55.1 Å². The smallest absolute Gasteiger partial charge is 0.423 e. The fourth-order valence-corrected chi connectivity index (χ4v) is 6.22. The van der Waals surface area contributed by atoms with Crippen LogP contribution < -0.4 is 15.4 Å². The van der Waals surface area contributed by atoms with Gasteiger partial charge in [-0.05, 0) is 55.5 Å². The molecule has 0 bridgehead atoms. The molecule has 244 valence electrons. The van der Waals surface area contributed by atoms with E-state index in [2.05, 4.69) is 20.1 Å². The van der Waals surface area contributed by atoms with Crippen LogP contribution in [0.3, 0.4) is 0 Å². The maximum Gasteiger partial charge on any atom is 0.482 e. The highest BCUT2D eigenvalue weighted by Crippen LogP contribution is 2.51. The van der Waals surface area contributed by atoms with Crippen LogP contribution in [0.1, 0.15) is 53.3 Å². The van der Waals surface area contributed by atoms with E-state index in [0.717, 1.165) is 23.5 Å². The number of carbonyl (C=O) groups is 2. The fourth-order valence-electron chi connectivity index (χ4n) is 6.22. The number of carbonyl (C=O) groups excluding carboxylic acids is 2. The highest BCUT2D eigenvalue weighted by Gasteiger charge is 2.52. The number of amides is 2. The molecule has 0 unspecified atom stereocenters. The van der Waals surface area contributed by atoms with Gasteiger partial charge in [0.1, 0.15) is 17.2 Å². The van der Waals surface area contributed by atoms with E-state index in [1.165, 1.54) is 30.5 Å². The first-order valence-corrected chi connectivity index (χ1v) is 14.9. The lowest BCUT2D eigenvalue weighted by Gasteiger charge is -2.33. The lowest BCUT2D eigenvalue weighted by atomic mass is 9.92. The Hall–Kier alpha value is -5.51. The number of rotatable bonds is 8. The van der Waals surface area contributed by atoms with Gasteiger partial charge in [-0.1, -0.05) is 6.07 Å². The first kappa shape index (κ1) is 29.9. The van der Waals surface area contributed by atoms with Crippen LogP contribution in [0.4, 0.5) is 23.2 Å². The Morgan fingerprint density at radius 2 is 1.71 bits per heavy atom. The summed E-state index contributed by atoms with van der Waals surface area (Å²) in [6.45, 7) is -0.508. The third-order valence-corrected chi connectivity index (χ3v) is 8.94. The van der Waals surface area contributed by atoms with Crippen molar-refractivity contribution in [3.63, 3.8) is 0 Å². The van der Waals surface area contributed by atoms with E-state index in [0.29, 0.717) is 42.4 Å². The molecule has 5 aromatic rings. The standard InChI is InChI=1S/C32H24F4N8O4/c33-17-2-4-23(38-11-17)31(7-8-31)44-28-19(14-41-44)25(26(27(37)45)20(42-28)10-30(47)5-6-30)16-1-3-21-22(9-16)48-32(35,36)29(46)43(21)15-24-39-12-18(34)13-40-24/h1-4,9,11-14,47H,5-8,10,15H2,(H2,37,45). The normalized spacial score (nSPS) is 18.4. The van der Waals surface area contributed by atoms with Gasteiger partial charge in [-0.3, -0.25) is 19.5 Å². The molecule has 3 N–H and O–H groups in total. The first-order valence-electron chi connectivity index (χ1n) is 14.9. The molecule has 1 aromatic carbocycles. The van der Waals surface area contributed by atoms with Gasteiger partial charge in [0.15, 0.2) is 17.2 Å². The molecule has 3 aliphatic rings. The Labute approximate surface area is 268 Å². The van der Waals surface area contributed by atoms with Crippen molar-refractivity contribution in [3.8, 4) is 16.9 Å². The highest BCUT2D eigenvalue weighted by atomic mass is 19.3. The van der Waals surface area contributed by atoms with Crippen molar-refractivity contribution in [1.82, 2.24) is 29.7 Å². The molecule has 2 amide bonds. The number of primary amides is 1. The first-order chi connectivity index (χ1) is 22.9. The number of ether oxygens (including phenoxy) is 1. The van der Waals surface area contributed by atoms with Crippen LogP contribution in [-0.2, 0) is 23.3 Å². The molecular weight excluding hydrogens is 636 g/mol. The number of hydrogen-bond acceptors (Lipinski definition) is 9. The number of nitrogens with zero attached hydrogens (tertiary/aromatic N) is 7. The van der Waals surface area contributed by atoms with E-state index in [-0.39, 0.29) is 40.3 Å². The van der Waals surface area contributed by atoms with E-state index < -0.39 is 53.0 Å². The van der Waals surface area contributed by atoms with Crippen LogP contribution >= 0.6 is 0 Å². The lowest BCUT2D eigenvalue weighted by Crippen LogP contribution is -2.50. The van der Waals surface area contributed by atoms with Gasteiger partial charge in [0.25, 0.3) is 5.91 Å². The van der Waals surface area contributed by atoms with Gasteiger partial charge in [0.2, 0.25) is 0 Å². The van der Waals surface area contributed by atoms with E-state index in [1.54, 1.807) is 10.7 Å². The summed E-state index contributed by atoms with van der Waals surface area (Å²) in [5, 5.41) is 15.9. The molecular formula is C32H24F4N8O4. The molecule has 16 heteroatoms. The molecule has 2 fully saturated rings. The summed E-state index contributed by atoms with van der Waals surface area (Å²) in [6, 6.07) is 6.97. The van der Waals surface area contributed by atoms with Crippen molar-refractivity contribution in [1.29, 1.82) is 0 Å². The Morgan fingerprint density at radius 1 is 0.979 bits per heavy atom. The van der Waals surface area contributed by atoms with Gasteiger partial charge in [-0.25, -0.2) is 28.4 Å². The number of hydrogen-bond donors (Lipinski definition) is 2. The molecule has 0 spiro atoms. The number of benzene rings is 1. The third kappa shape index (κ3) is 4.82. The summed E-state index contributed by atoms with van der Waals surface area (Å²) in [5.74, 6) is -4.29.